The number of hydrogen-bond donors (Lipinski definition) is 1. The number of para-hydroxylation sites is 1. The van der Waals surface area contributed by atoms with Gasteiger partial charge in [-0.3, -0.25) is 9.69 Å². The van der Waals surface area contributed by atoms with Crippen LogP contribution in [0.1, 0.15) is 17.8 Å². The maximum atomic E-state index is 12.0. The molecule has 8 heteroatoms. The molecule has 2 aromatic heterocycles. The number of hydrogen-bond acceptors (Lipinski definition) is 6. The molecule has 0 aliphatic carbocycles. The largest absolute Gasteiger partial charge is 0.338 e. The van der Waals surface area contributed by atoms with Crippen molar-refractivity contribution in [3.63, 3.8) is 0 Å². The Labute approximate surface area is 151 Å². The molecule has 7 nitrogen and oxygen atoms in total. The van der Waals surface area contributed by atoms with E-state index in [0.717, 1.165) is 25.2 Å². The summed E-state index contributed by atoms with van der Waals surface area (Å²) in [4.78, 5) is 18.7. The first-order valence-electron chi connectivity index (χ1n) is 8.04. The number of nitrogens with zero attached hydrogens (tertiary/aromatic N) is 4. The number of nitrogens with one attached hydrogen (secondary N) is 1. The number of fused-ring (bicyclic) bond motifs is 1. The summed E-state index contributed by atoms with van der Waals surface area (Å²) in [6.07, 6.45) is 1.77. The number of aromatic nitrogens is 3. The fourth-order valence-corrected chi connectivity index (χ4v) is 3.11. The molecule has 4 rings (SSSR count). The number of likely N-dealkylation sites (N-methyl/N-ethyl adjacent to an activating group) is 1. The molecule has 1 aliphatic heterocycles. The minimum absolute atomic E-state index is 0. The lowest BCUT2D eigenvalue weighted by atomic mass is 10.2. The van der Waals surface area contributed by atoms with Crippen molar-refractivity contribution in [1.29, 1.82) is 0 Å². The number of pyridine rings is 1. The van der Waals surface area contributed by atoms with E-state index in [0.29, 0.717) is 23.6 Å². The van der Waals surface area contributed by atoms with Crippen LogP contribution < -0.4 is 10.7 Å². The zero-order valence-corrected chi connectivity index (χ0v) is 14.7. The van der Waals surface area contributed by atoms with Crippen molar-refractivity contribution in [2.75, 3.05) is 26.7 Å². The van der Waals surface area contributed by atoms with Crippen molar-refractivity contribution in [3.8, 4) is 0 Å². The third kappa shape index (κ3) is 3.44. The lowest BCUT2D eigenvalue weighted by molar-refractivity contribution is 0.190. The summed E-state index contributed by atoms with van der Waals surface area (Å²) in [5, 5.41) is 8.18. The summed E-state index contributed by atoms with van der Waals surface area (Å²) in [7, 11) is 2.07. The highest BCUT2D eigenvalue weighted by Crippen LogP contribution is 2.18. The van der Waals surface area contributed by atoms with Crippen LogP contribution in [-0.2, 0) is 6.54 Å². The van der Waals surface area contributed by atoms with E-state index in [1.54, 1.807) is 12.3 Å². The first-order chi connectivity index (χ1) is 11.7. The first kappa shape index (κ1) is 17.6. The van der Waals surface area contributed by atoms with Crippen molar-refractivity contribution >= 4 is 23.3 Å². The van der Waals surface area contributed by atoms with Gasteiger partial charge in [0.15, 0.2) is 11.3 Å². The van der Waals surface area contributed by atoms with E-state index < -0.39 is 0 Å². The van der Waals surface area contributed by atoms with E-state index >= 15 is 0 Å². The van der Waals surface area contributed by atoms with E-state index in [2.05, 4.69) is 27.4 Å². The van der Waals surface area contributed by atoms with Crippen LogP contribution in [0.5, 0.6) is 0 Å². The Morgan fingerprint density at radius 1 is 1.32 bits per heavy atom. The Bertz CT molecular complexity index is 923. The van der Waals surface area contributed by atoms with Gasteiger partial charge in [0.25, 0.3) is 0 Å². The smallest absolute Gasteiger partial charge is 0.246 e. The number of halogens is 1. The zero-order chi connectivity index (χ0) is 16.5. The maximum Gasteiger partial charge on any atom is 0.246 e. The van der Waals surface area contributed by atoms with Gasteiger partial charge in [-0.25, -0.2) is 0 Å². The van der Waals surface area contributed by atoms with E-state index in [1.807, 2.05) is 28.8 Å². The molecule has 1 aliphatic rings. The fraction of sp³-hybridized carbons (Fsp3) is 0.353. The molecule has 0 bridgehead atoms. The van der Waals surface area contributed by atoms with Crippen molar-refractivity contribution in [2.24, 2.45) is 0 Å². The van der Waals surface area contributed by atoms with Gasteiger partial charge in [-0.2, -0.15) is 4.98 Å². The summed E-state index contributed by atoms with van der Waals surface area (Å²) in [6, 6.07) is 9.23. The fourth-order valence-electron chi connectivity index (χ4n) is 3.11. The summed E-state index contributed by atoms with van der Waals surface area (Å²) in [5.74, 6) is 1.24. The van der Waals surface area contributed by atoms with Crippen molar-refractivity contribution in [2.45, 2.75) is 12.6 Å². The summed E-state index contributed by atoms with van der Waals surface area (Å²) >= 11 is 0. The topological polar surface area (TPSA) is 76.2 Å². The van der Waals surface area contributed by atoms with Gasteiger partial charge in [-0.05, 0) is 19.2 Å². The van der Waals surface area contributed by atoms with Crippen LogP contribution in [0.4, 0.5) is 0 Å². The second-order valence-electron chi connectivity index (χ2n) is 6.07. The SMILES string of the molecule is CN1CCNCC1c1noc(Cn2ccc(=O)c3ccccc32)n1.Cl. The van der Waals surface area contributed by atoms with E-state index in [-0.39, 0.29) is 23.9 Å². The first-order valence-corrected chi connectivity index (χ1v) is 8.04. The number of rotatable bonds is 3. The molecule has 0 saturated carbocycles. The Kier molecular flexibility index (Phi) is 5.17. The van der Waals surface area contributed by atoms with Gasteiger partial charge in [0.2, 0.25) is 5.89 Å². The molecule has 1 aromatic carbocycles. The average Bonchev–Trinajstić information content (AvgIpc) is 3.06. The Morgan fingerprint density at radius 3 is 3.00 bits per heavy atom. The van der Waals surface area contributed by atoms with Crippen LogP contribution in [0.2, 0.25) is 0 Å². The molecule has 3 aromatic rings. The third-order valence-electron chi connectivity index (χ3n) is 4.48. The van der Waals surface area contributed by atoms with Gasteiger partial charge in [-0.15, -0.1) is 12.4 Å². The lowest BCUT2D eigenvalue weighted by Crippen LogP contribution is -2.44. The molecule has 0 amide bonds. The maximum absolute atomic E-state index is 12.0. The minimum Gasteiger partial charge on any atom is -0.338 e. The molecule has 1 fully saturated rings. The number of piperazine rings is 1. The molecule has 3 heterocycles. The highest BCUT2D eigenvalue weighted by atomic mass is 35.5. The van der Waals surface area contributed by atoms with Gasteiger partial charge in [-0.1, -0.05) is 17.3 Å². The van der Waals surface area contributed by atoms with Crippen LogP contribution in [0.3, 0.4) is 0 Å². The van der Waals surface area contributed by atoms with Gasteiger partial charge in [0.1, 0.15) is 6.54 Å². The van der Waals surface area contributed by atoms with Crippen molar-refractivity contribution in [1.82, 2.24) is 24.9 Å². The molecule has 0 radical (unpaired) electrons. The minimum atomic E-state index is 0. The van der Waals surface area contributed by atoms with Gasteiger partial charge in [0.05, 0.1) is 11.6 Å². The second-order valence-corrected chi connectivity index (χ2v) is 6.07. The second kappa shape index (κ2) is 7.35. The monoisotopic (exact) mass is 361 g/mol. The summed E-state index contributed by atoms with van der Waals surface area (Å²) in [5.41, 5.74) is 0.879. The van der Waals surface area contributed by atoms with E-state index in [1.165, 1.54) is 0 Å². The van der Waals surface area contributed by atoms with Gasteiger partial charge < -0.3 is 14.4 Å². The highest BCUT2D eigenvalue weighted by molar-refractivity contribution is 5.85. The normalized spacial score (nSPS) is 18.2. The quantitative estimate of drug-likeness (QED) is 0.760. The third-order valence-corrected chi connectivity index (χ3v) is 4.48. The highest BCUT2D eigenvalue weighted by Gasteiger charge is 2.25. The van der Waals surface area contributed by atoms with Crippen molar-refractivity contribution in [3.05, 3.63) is 58.5 Å². The average molecular weight is 362 g/mol. The standard InChI is InChI=1S/C17H19N5O2.ClH/c1-21-9-7-18-10-14(21)17-19-16(24-20-17)11-22-8-6-15(23)12-4-2-3-5-13(12)22;/h2-6,8,14,18H,7,9-11H2,1H3;1H. The Hall–Kier alpha value is -2.22. The zero-order valence-electron chi connectivity index (χ0n) is 13.9. The molecule has 1 atom stereocenters. The van der Waals surface area contributed by atoms with Crippen molar-refractivity contribution < 1.29 is 4.52 Å². The van der Waals surface area contributed by atoms with Gasteiger partial charge >= 0.3 is 0 Å². The predicted octanol–water partition coefficient (Wildman–Crippen LogP) is 1.43. The molecule has 25 heavy (non-hydrogen) atoms. The summed E-state index contributed by atoms with van der Waals surface area (Å²) < 4.78 is 7.39. The molecule has 1 unspecified atom stereocenters. The van der Waals surface area contributed by atoms with Gasteiger partial charge in [0, 0.05) is 37.3 Å². The number of benzene rings is 1. The van der Waals surface area contributed by atoms with E-state index in [9.17, 15) is 4.79 Å². The van der Waals surface area contributed by atoms with Crippen LogP contribution in [0.15, 0.2) is 45.8 Å². The van der Waals surface area contributed by atoms with Crippen LogP contribution in [0.25, 0.3) is 10.9 Å². The van der Waals surface area contributed by atoms with Crippen LogP contribution in [-0.4, -0.2) is 46.3 Å². The lowest BCUT2D eigenvalue weighted by Gasteiger charge is -2.30. The predicted molar refractivity (Wildman–Crippen MR) is 97.1 cm³/mol. The molecule has 1 saturated heterocycles. The van der Waals surface area contributed by atoms with Crippen LogP contribution in [0, 0.1) is 0 Å². The van der Waals surface area contributed by atoms with E-state index in [4.69, 9.17) is 4.52 Å². The molecular formula is C17H20ClN5O2. The van der Waals surface area contributed by atoms with Crippen LogP contribution >= 0.6 is 12.4 Å². The Balaban J connectivity index is 0.00000182. The molecule has 132 valence electrons. The molecule has 1 N–H and O–H groups in total. The Morgan fingerprint density at radius 2 is 2.16 bits per heavy atom. The molecular weight excluding hydrogens is 342 g/mol. The molecule has 0 spiro atoms. The summed E-state index contributed by atoms with van der Waals surface area (Å²) in [6.45, 7) is 3.19.